The van der Waals surface area contributed by atoms with Crippen LogP contribution in [0.1, 0.15) is 12.8 Å². The van der Waals surface area contributed by atoms with Crippen molar-refractivity contribution >= 4 is 10.2 Å². The van der Waals surface area contributed by atoms with Crippen LogP contribution in [0.4, 0.5) is 0 Å². The lowest BCUT2D eigenvalue weighted by Gasteiger charge is -2.27. The van der Waals surface area contributed by atoms with E-state index >= 15 is 0 Å². The monoisotopic (exact) mass is 251 g/mol. The maximum Gasteiger partial charge on any atom is 0.281 e. The summed E-state index contributed by atoms with van der Waals surface area (Å²) in [7, 11) is -0.418. The van der Waals surface area contributed by atoms with Crippen LogP contribution in [-0.4, -0.2) is 68.5 Å². The van der Waals surface area contributed by atoms with E-state index in [4.69, 9.17) is 5.11 Å². The molecule has 1 rings (SSSR count). The topological polar surface area (TPSA) is 72.9 Å². The van der Waals surface area contributed by atoms with E-state index < -0.39 is 10.2 Å². The Morgan fingerprint density at radius 1 is 1.44 bits per heavy atom. The molecule has 0 aliphatic carbocycles. The van der Waals surface area contributed by atoms with E-state index in [0.29, 0.717) is 6.54 Å². The molecule has 1 fully saturated rings. The van der Waals surface area contributed by atoms with Gasteiger partial charge in [-0.15, -0.1) is 0 Å². The molecule has 7 heteroatoms. The first-order valence-electron chi connectivity index (χ1n) is 5.50. The number of hydrogen-bond acceptors (Lipinski definition) is 4. The minimum Gasteiger partial charge on any atom is -0.395 e. The summed E-state index contributed by atoms with van der Waals surface area (Å²) < 4.78 is 26.3. The third kappa shape index (κ3) is 3.39. The summed E-state index contributed by atoms with van der Waals surface area (Å²) >= 11 is 0. The van der Waals surface area contributed by atoms with E-state index in [1.165, 1.54) is 22.7 Å². The lowest BCUT2D eigenvalue weighted by molar-refractivity contribution is 0.240. The molecule has 1 unspecified atom stereocenters. The first-order valence-corrected chi connectivity index (χ1v) is 6.90. The average molecular weight is 251 g/mol. The van der Waals surface area contributed by atoms with Crippen LogP contribution in [0.25, 0.3) is 0 Å². The van der Waals surface area contributed by atoms with Crippen molar-refractivity contribution in [3.8, 4) is 0 Å². The van der Waals surface area contributed by atoms with Gasteiger partial charge in [0.1, 0.15) is 0 Å². The van der Waals surface area contributed by atoms with Crippen molar-refractivity contribution < 1.29 is 13.5 Å². The number of nitrogens with zero attached hydrogens (tertiary/aromatic N) is 2. The summed E-state index contributed by atoms with van der Waals surface area (Å²) in [5.74, 6) is 0. The van der Waals surface area contributed by atoms with Crippen LogP contribution in [-0.2, 0) is 10.2 Å². The number of aliphatic hydroxyl groups excluding tert-OH is 1. The third-order valence-corrected chi connectivity index (χ3v) is 4.63. The zero-order chi connectivity index (χ0) is 12.2. The Kier molecular flexibility index (Phi) is 5.13. The maximum absolute atomic E-state index is 11.9. The van der Waals surface area contributed by atoms with E-state index in [9.17, 15) is 8.42 Å². The summed E-state index contributed by atoms with van der Waals surface area (Å²) in [5, 5.41) is 12.2. The van der Waals surface area contributed by atoms with Gasteiger partial charge in [0.15, 0.2) is 0 Å². The molecule has 1 aliphatic rings. The van der Waals surface area contributed by atoms with Crippen molar-refractivity contribution in [2.24, 2.45) is 0 Å². The highest BCUT2D eigenvalue weighted by atomic mass is 32.2. The lowest BCUT2D eigenvalue weighted by atomic mass is 10.2. The van der Waals surface area contributed by atoms with Gasteiger partial charge in [0.05, 0.1) is 6.61 Å². The molecule has 0 spiro atoms. The smallest absolute Gasteiger partial charge is 0.281 e. The molecule has 2 N–H and O–H groups in total. The van der Waals surface area contributed by atoms with Gasteiger partial charge in [-0.2, -0.15) is 17.0 Å². The van der Waals surface area contributed by atoms with E-state index in [-0.39, 0.29) is 19.2 Å². The quantitative estimate of drug-likeness (QED) is 0.624. The molecular formula is C9H21N3O3S. The molecule has 0 saturated carbocycles. The highest BCUT2D eigenvalue weighted by Gasteiger charge is 2.27. The van der Waals surface area contributed by atoms with Gasteiger partial charge in [-0.05, 0) is 19.4 Å². The molecule has 6 nitrogen and oxygen atoms in total. The van der Waals surface area contributed by atoms with Gasteiger partial charge in [-0.25, -0.2) is 0 Å². The Balaban J connectivity index is 2.66. The normalized spacial score (nSPS) is 22.2. The molecule has 0 bridgehead atoms. The van der Waals surface area contributed by atoms with Crippen LogP contribution < -0.4 is 5.32 Å². The molecule has 16 heavy (non-hydrogen) atoms. The molecule has 0 aromatic carbocycles. The standard InChI is InChI=1S/C9H21N3O3S/c1-11(2)16(14,15)12(6-7-13)8-9-4-3-5-10-9/h9-10,13H,3-8H2,1-2H3. The zero-order valence-corrected chi connectivity index (χ0v) is 10.7. The van der Waals surface area contributed by atoms with E-state index in [2.05, 4.69) is 5.32 Å². The predicted octanol–water partition coefficient (Wildman–Crippen LogP) is -1.16. The third-order valence-electron chi connectivity index (χ3n) is 2.72. The zero-order valence-electron chi connectivity index (χ0n) is 9.89. The summed E-state index contributed by atoms with van der Waals surface area (Å²) in [6.45, 7) is 1.37. The van der Waals surface area contributed by atoms with Gasteiger partial charge in [0.25, 0.3) is 10.2 Å². The fourth-order valence-electron chi connectivity index (χ4n) is 1.80. The van der Waals surface area contributed by atoms with Crippen molar-refractivity contribution in [2.75, 3.05) is 40.3 Å². The fraction of sp³-hybridized carbons (Fsp3) is 1.00. The summed E-state index contributed by atoms with van der Waals surface area (Å²) in [6, 6.07) is 0.210. The van der Waals surface area contributed by atoms with E-state index in [1.54, 1.807) is 0 Å². The molecule has 1 heterocycles. The highest BCUT2D eigenvalue weighted by Crippen LogP contribution is 2.11. The summed E-state index contributed by atoms with van der Waals surface area (Å²) in [5.41, 5.74) is 0. The average Bonchev–Trinajstić information content (AvgIpc) is 2.69. The Hall–Kier alpha value is -0.210. The highest BCUT2D eigenvalue weighted by molar-refractivity contribution is 7.86. The molecule has 1 saturated heterocycles. The molecule has 0 radical (unpaired) electrons. The van der Waals surface area contributed by atoms with Crippen LogP contribution in [0.15, 0.2) is 0 Å². The Morgan fingerprint density at radius 3 is 2.56 bits per heavy atom. The second-order valence-corrected chi connectivity index (χ2v) is 6.31. The minimum atomic E-state index is -3.42. The number of hydrogen-bond donors (Lipinski definition) is 2. The summed E-state index contributed by atoms with van der Waals surface area (Å²) in [6.07, 6.45) is 2.07. The van der Waals surface area contributed by atoms with Gasteiger partial charge in [-0.3, -0.25) is 0 Å². The minimum absolute atomic E-state index is 0.151. The van der Waals surface area contributed by atoms with Gasteiger partial charge in [0, 0.05) is 33.2 Å². The van der Waals surface area contributed by atoms with Gasteiger partial charge in [0.2, 0.25) is 0 Å². The molecule has 0 aromatic heterocycles. The fourth-order valence-corrected chi connectivity index (χ4v) is 2.94. The molecule has 1 aliphatic heterocycles. The van der Waals surface area contributed by atoms with Crippen LogP contribution in [0.2, 0.25) is 0 Å². The maximum atomic E-state index is 11.9. The molecular weight excluding hydrogens is 230 g/mol. The molecule has 0 aromatic rings. The van der Waals surface area contributed by atoms with Crippen LogP contribution in [0.5, 0.6) is 0 Å². The molecule has 1 atom stereocenters. The van der Waals surface area contributed by atoms with Crippen LogP contribution in [0, 0.1) is 0 Å². The predicted molar refractivity (Wildman–Crippen MR) is 62.3 cm³/mol. The first kappa shape index (κ1) is 13.9. The van der Waals surface area contributed by atoms with Crippen molar-refractivity contribution in [2.45, 2.75) is 18.9 Å². The van der Waals surface area contributed by atoms with Gasteiger partial charge in [-0.1, -0.05) is 0 Å². The van der Waals surface area contributed by atoms with Crippen LogP contribution in [0.3, 0.4) is 0 Å². The SMILES string of the molecule is CN(C)S(=O)(=O)N(CCO)CC1CCCN1. The Morgan fingerprint density at radius 2 is 2.12 bits per heavy atom. The Labute approximate surface area is 97.4 Å². The number of nitrogens with one attached hydrogen (secondary N) is 1. The first-order chi connectivity index (χ1) is 7.48. The van der Waals surface area contributed by atoms with E-state index in [1.807, 2.05) is 0 Å². The van der Waals surface area contributed by atoms with Crippen molar-refractivity contribution in [1.29, 1.82) is 0 Å². The van der Waals surface area contributed by atoms with Crippen molar-refractivity contribution in [3.05, 3.63) is 0 Å². The van der Waals surface area contributed by atoms with Gasteiger partial charge < -0.3 is 10.4 Å². The van der Waals surface area contributed by atoms with E-state index in [0.717, 1.165) is 19.4 Å². The molecule has 0 amide bonds. The second-order valence-electron chi connectivity index (χ2n) is 4.17. The van der Waals surface area contributed by atoms with Crippen molar-refractivity contribution in [1.82, 2.24) is 13.9 Å². The lowest BCUT2D eigenvalue weighted by Crippen LogP contribution is -2.47. The number of aliphatic hydroxyl groups is 1. The van der Waals surface area contributed by atoms with Crippen molar-refractivity contribution in [3.63, 3.8) is 0 Å². The summed E-state index contributed by atoms with van der Waals surface area (Å²) in [4.78, 5) is 0. The van der Waals surface area contributed by atoms with Crippen LogP contribution >= 0.6 is 0 Å². The molecule has 96 valence electrons. The largest absolute Gasteiger partial charge is 0.395 e. The Bertz CT molecular complexity index is 299. The number of rotatable bonds is 6. The second kappa shape index (κ2) is 5.92. The van der Waals surface area contributed by atoms with Gasteiger partial charge >= 0.3 is 0 Å².